The number of carbonyl (C=O) groups is 2. The second kappa shape index (κ2) is 7.21. The quantitative estimate of drug-likeness (QED) is 0.678. The summed E-state index contributed by atoms with van der Waals surface area (Å²) in [6, 6.07) is 14.7. The second-order valence-electron chi connectivity index (χ2n) is 5.82. The Labute approximate surface area is 146 Å². The Morgan fingerprint density at radius 1 is 1.12 bits per heavy atom. The van der Waals surface area contributed by atoms with Crippen molar-refractivity contribution in [1.82, 2.24) is 10.3 Å². The van der Waals surface area contributed by atoms with Crippen molar-refractivity contribution >= 4 is 22.6 Å². The topological polar surface area (TPSA) is 71.2 Å². The van der Waals surface area contributed by atoms with Crippen molar-refractivity contribution < 1.29 is 14.3 Å². The first-order valence-corrected chi connectivity index (χ1v) is 8.13. The monoisotopic (exact) mass is 336 g/mol. The summed E-state index contributed by atoms with van der Waals surface area (Å²) in [7, 11) is 1.61. The number of benzene rings is 2. The highest BCUT2D eigenvalue weighted by molar-refractivity contribution is 6.01. The van der Waals surface area contributed by atoms with Gasteiger partial charge in [0.2, 0.25) is 0 Å². The number of ether oxygens (including phenoxy) is 1. The lowest BCUT2D eigenvalue weighted by atomic mass is 10.1. The Kier molecular flexibility index (Phi) is 4.84. The van der Waals surface area contributed by atoms with Crippen LogP contribution in [-0.2, 0) is 6.42 Å². The van der Waals surface area contributed by atoms with E-state index in [2.05, 4.69) is 10.3 Å². The second-order valence-corrected chi connectivity index (χ2v) is 5.82. The molecule has 0 saturated heterocycles. The van der Waals surface area contributed by atoms with Gasteiger partial charge in [-0.25, -0.2) is 0 Å². The molecule has 0 unspecified atom stereocenters. The zero-order valence-electron chi connectivity index (χ0n) is 14.3. The number of H-pyrrole nitrogens is 1. The highest BCUT2D eigenvalue weighted by Gasteiger charge is 2.15. The Morgan fingerprint density at radius 3 is 2.56 bits per heavy atom. The smallest absolute Gasteiger partial charge is 0.251 e. The molecule has 2 aromatic carbocycles. The number of nitrogens with one attached hydrogen (secondary N) is 2. The SMILES string of the molecule is COc1ccc2c(CCNC(=O)c3ccccc3)c(C(C)=O)[nH]c2c1. The molecule has 3 rings (SSSR count). The van der Waals surface area contributed by atoms with Crippen molar-refractivity contribution in [1.29, 1.82) is 0 Å². The number of aromatic amines is 1. The van der Waals surface area contributed by atoms with Crippen LogP contribution < -0.4 is 10.1 Å². The van der Waals surface area contributed by atoms with Crippen molar-refractivity contribution in [3.8, 4) is 5.75 Å². The number of aromatic nitrogens is 1. The Hall–Kier alpha value is -3.08. The minimum Gasteiger partial charge on any atom is -0.497 e. The van der Waals surface area contributed by atoms with Gasteiger partial charge in [-0.1, -0.05) is 18.2 Å². The molecule has 2 N–H and O–H groups in total. The molecule has 5 heteroatoms. The normalized spacial score (nSPS) is 10.6. The van der Waals surface area contributed by atoms with Crippen molar-refractivity contribution in [2.45, 2.75) is 13.3 Å². The molecule has 0 atom stereocenters. The van der Waals surface area contributed by atoms with Crippen LogP contribution in [0.2, 0.25) is 0 Å². The summed E-state index contributed by atoms with van der Waals surface area (Å²) >= 11 is 0. The number of hydrogen-bond acceptors (Lipinski definition) is 3. The fourth-order valence-electron chi connectivity index (χ4n) is 2.91. The van der Waals surface area contributed by atoms with E-state index < -0.39 is 0 Å². The van der Waals surface area contributed by atoms with Gasteiger partial charge in [-0.15, -0.1) is 0 Å². The zero-order valence-corrected chi connectivity index (χ0v) is 14.3. The number of fused-ring (bicyclic) bond motifs is 1. The lowest BCUT2D eigenvalue weighted by Crippen LogP contribution is -2.25. The van der Waals surface area contributed by atoms with E-state index in [0.717, 1.165) is 22.2 Å². The summed E-state index contributed by atoms with van der Waals surface area (Å²) in [6.07, 6.45) is 0.569. The van der Waals surface area contributed by atoms with Crippen LogP contribution in [0.3, 0.4) is 0 Å². The molecule has 0 saturated carbocycles. The van der Waals surface area contributed by atoms with Gasteiger partial charge in [0.15, 0.2) is 5.78 Å². The van der Waals surface area contributed by atoms with E-state index in [-0.39, 0.29) is 11.7 Å². The summed E-state index contributed by atoms with van der Waals surface area (Å²) in [5, 5.41) is 3.87. The van der Waals surface area contributed by atoms with Crippen LogP contribution in [0.4, 0.5) is 0 Å². The maximum Gasteiger partial charge on any atom is 0.251 e. The lowest BCUT2D eigenvalue weighted by molar-refractivity contribution is 0.0953. The van der Waals surface area contributed by atoms with Crippen LogP contribution in [0.25, 0.3) is 10.9 Å². The van der Waals surface area contributed by atoms with Gasteiger partial charge in [-0.05, 0) is 36.2 Å². The maximum atomic E-state index is 12.1. The largest absolute Gasteiger partial charge is 0.497 e. The predicted molar refractivity (Wildman–Crippen MR) is 97.3 cm³/mol. The first-order valence-electron chi connectivity index (χ1n) is 8.13. The summed E-state index contributed by atoms with van der Waals surface area (Å²) in [6.45, 7) is 1.99. The highest BCUT2D eigenvalue weighted by Crippen LogP contribution is 2.27. The van der Waals surface area contributed by atoms with Crippen molar-refractivity contribution in [2.24, 2.45) is 0 Å². The van der Waals surface area contributed by atoms with E-state index in [0.29, 0.717) is 24.2 Å². The highest BCUT2D eigenvalue weighted by atomic mass is 16.5. The van der Waals surface area contributed by atoms with E-state index in [9.17, 15) is 9.59 Å². The van der Waals surface area contributed by atoms with E-state index >= 15 is 0 Å². The third-order valence-corrected chi connectivity index (χ3v) is 4.16. The molecule has 0 fully saturated rings. The van der Waals surface area contributed by atoms with E-state index in [4.69, 9.17) is 4.74 Å². The minimum atomic E-state index is -0.119. The summed E-state index contributed by atoms with van der Waals surface area (Å²) in [5.41, 5.74) is 2.97. The summed E-state index contributed by atoms with van der Waals surface area (Å²) < 4.78 is 5.23. The first-order chi connectivity index (χ1) is 12.1. The molecule has 128 valence electrons. The standard InChI is InChI=1S/C20H20N2O3/c1-13(23)19-17(16-9-8-15(25-2)12-18(16)22-19)10-11-21-20(24)14-6-4-3-5-7-14/h3-9,12,22H,10-11H2,1-2H3,(H,21,24). The molecule has 1 heterocycles. The van der Waals surface area contributed by atoms with Crippen LogP contribution in [0.1, 0.15) is 33.3 Å². The van der Waals surface area contributed by atoms with Crippen LogP contribution >= 0.6 is 0 Å². The van der Waals surface area contributed by atoms with Gasteiger partial charge < -0.3 is 15.0 Å². The van der Waals surface area contributed by atoms with E-state index in [1.165, 1.54) is 6.92 Å². The summed E-state index contributed by atoms with van der Waals surface area (Å²) in [5.74, 6) is 0.582. The number of rotatable bonds is 6. The van der Waals surface area contributed by atoms with Crippen LogP contribution in [0, 0.1) is 0 Å². The first kappa shape index (κ1) is 16.8. The number of ketones is 1. The average Bonchev–Trinajstić information content (AvgIpc) is 3.00. The molecule has 3 aromatic rings. The van der Waals surface area contributed by atoms with Gasteiger partial charge in [0.05, 0.1) is 12.8 Å². The lowest BCUT2D eigenvalue weighted by Gasteiger charge is -2.06. The molecular formula is C20H20N2O3. The molecule has 0 aliphatic rings. The maximum absolute atomic E-state index is 12.1. The fourth-order valence-corrected chi connectivity index (χ4v) is 2.91. The van der Waals surface area contributed by atoms with Crippen LogP contribution in [0.15, 0.2) is 48.5 Å². The van der Waals surface area contributed by atoms with Crippen molar-refractivity contribution in [3.63, 3.8) is 0 Å². The number of amides is 1. The van der Waals surface area contributed by atoms with Gasteiger partial charge in [0, 0.05) is 36.0 Å². The number of hydrogen-bond donors (Lipinski definition) is 2. The molecule has 0 radical (unpaired) electrons. The molecule has 0 aliphatic heterocycles. The third-order valence-electron chi connectivity index (χ3n) is 4.16. The minimum absolute atomic E-state index is 0.0282. The molecule has 0 aliphatic carbocycles. The third kappa shape index (κ3) is 3.55. The van der Waals surface area contributed by atoms with Gasteiger partial charge >= 0.3 is 0 Å². The molecule has 0 bridgehead atoms. The molecule has 0 spiro atoms. The predicted octanol–water partition coefficient (Wildman–Crippen LogP) is 3.35. The number of methoxy groups -OCH3 is 1. The van der Waals surface area contributed by atoms with E-state index in [1.807, 2.05) is 36.4 Å². The average molecular weight is 336 g/mol. The number of Topliss-reactive ketones (excluding diaryl/α,β-unsaturated/α-hetero) is 1. The zero-order chi connectivity index (χ0) is 17.8. The van der Waals surface area contributed by atoms with E-state index in [1.54, 1.807) is 19.2 Å². The molecular weight excluding hydrogens is 316 g/mol. The van der Waals surface area contributed by atoms with Crippen molar-refractivity contribution in [2.75, 3.05) is 13.7 Å². The van der Waals surface area contributed by atoms with Gasteiger partial charge in [-0.2, -0.15) is 0 Å². The Balaban J connectivity index is 1.79. The van der Waals surface area contributed by atoms with Crippen LogP contribution in [0.5, 0.6) is 5.75 Å². The Bertz CT molecular complexity index is 913. The van der Waals surface area contributed by atoms with Gasteiger partial charge in [0.1, 0.15) is 5.75 Å². The molecule has 5 nitrogen and oxygen atoms in total. The van der Waals surface area contributed by atoms with Gasteiger partial charge in [0.25, 0.3) is 5.91 Å². The molecule has 1 aromatic heterocycles. The Morgan fingerprint density at radius 2 is 1.88 bits per heavy atom. The van der Waals surface area contributed by atoms with Crippen molar-refractivity contribution in [3.05, 3.63) is 65.4 Å². The van der Waals surface area contributed by atoms with Gasteiger partial charge in [-0.3, -0.25) is 9.59 Å². The summed E-state index contributed by atoms with van der Waals surface area (Å²) in [4.78, 5) is 27.3. The van der Waals surface area contributed by atoms with Crippen LogP contribution in [-0.4, -0.2) is 30.3 Å². The molecule has 25 heavy (non-hydrogen) atoms. The number of carbonyl (C=O) groups excluding carboxylic acids is 2. The fraction of sp³-hybridized carbons (Fsp3) is 0.200. The molecule has 1 amide bonds.